The van der Waals surface area contributed by atoms with Crippen LogP contribution in [-0.4, -0.2) is 0 Å². The van der Waals surface area contributed by atoms with Crippen LogP contribution in [0.4, 0.5) is 11.4 Å². The average Bonchev–Trinajstić information content (AvgIpc) is 2.54. The van der Waals surface area contributed by atoms with Gasteiger partial charge in [0.15, 0.2) is 0 Å². The molecule has 0 atom stereocenters. The van der Waals surface area contributed by atoms with Gasteiger partial charge >= 0.3 is 0 Å². The molecule has 0 amide bonds. The predicted octanol–water partition coefficient (Wildman–Crippen LogP) is 4.92. The Morgan fingerprint density at radius 1 is 0.870 bits per heavy atom. The number of hydrogen-bond donors (Lipinski definition) is 4. The van der Waals surface area contributed by atoms with Gasteiger partial charge in [0, 0.05) is 26.6 Å². The SMILES string of the molecule is CC1CCC(c2ccc(N)c(S)c2)(c2ccc(N)c(S)c2)CC1. The molecule has 1 aliphatic rings. The second-order valence-corrected chi connectivity index (χ2v) is 7.78. The summed E-state index contributed by atoms with van der Waals surface area (Å²) in [6.45, 7) is 2.34. The lowest BCUT2D eigenvalue weighted by atomic mass is 9.63. The average molecular weight is 345 g/mol. The lowest BCUT2D eigenvalue weighted by molar-refractivity contribution is 0.280. The van der Waals surface area contributed by atoms with Crippen LogP contribution in [0.3, 0.4) is 0 Å². The second kappa shape index (κ2) is 6.33. The van der Waals surface area contributed by atoms with Gasteiger partial charge in [-0.15, -0.1) is 25.3 Å². The van der Waals surface area contributed by atoms with Crippen LogP contribution in [0.15, 0.2) is 46.2 Å². The van der Waals surface area contributed by atoms with Crippen molar-refractivity contribution in [2.45, 2.75) is 47.8 Å². The number of thiol groups is 2. The molecule has 0 aliphatic heterocycles. The number of hydrogen-bond acceptors (Lipinski definition) is 4. The van der Waals surface area contributed by atoms with Crippen molar-refractivity contribution < 1.29 is 0 Å². The quantitative estimate of drug-likeness (QED) is 0.461. The van der Waals surface area contributed by atoms with E-state index in [-0.39, 0.29) is 5.41 Å². The molecule has 2 nitrogen and oxygen atoms in total. The first-order chi connectivity index (χ1) is 10.9. The zero-order chi connectivity index (χ0) is 16.6. The third-order valence-corrected chi connectivity index (χ3v) is 6.07. The third-order valence-electron chi connectivity index (χ3n) is 5.29. The molecule has 4 heteroatoms. The Morgan fingerprint density at radius 2 is 1.30 bits per heavy atom. The number of benzene rings is 2. The summed E-state index contributed by atoms with van der Waals surface area (Å²) < 4.78 is 0. The molecule has 0 aromatic heterocycles. The molecule has 122 valence electrons. The van der Waals surface area contributed by atoms with Crippen molar-refractivity contribution in [1.29, 1.82) is 0 Å². The summed E-state index contributed by atoms with van der Waals surface area (Å²) in [6.07, 6.45) is 4.70. The van der Waals surface area contributed by atoms with Crippen molar-refractivity contribution in [2.24, 2.45) is 5.92 Å². The number of nitrogen functional groups attached to an aromatic ring is 2. The minimum Gasteiger partial charge on any atom is -0.398 e. The lowest BCUT2D eigenvalue weighted by Crippen LogP contribution is -2.32. The van der Waals surface area contributed by atoms with Gasteiger partial charge in [-0.3, -0.25) is 0 Å². The standard InChI is InChI=1S/C19H24N2S2/c1-12-6-8-19(9-7-12,13-2-4-15(20)17(22)10-13)14-3-5-16(21)18(23)11-14/h2-5,10-12,22-23H,6-9,20-21H2,1H3. The molecule has 3 rings (SSSR count). The third kappa shape index (κ3) is 3.07. The maximum Gasteiger partial charge on any atom is 0.0449 e. The molecule has 0 unspecified atom stereocenters. The fourth-order valence-corrected chi connectivity index (χ4v) is 4.11. The molecule has 1 fully saturated rings. The van der Waals surface area contributed by atoms with Crippen molar-refractivity contribution in [3.8, 4) is 0 Å². The van der Waals surface area contributed by atoms with Crippen LogP contribution in [0, 0.1) is 5.92 Å². The first kappa shape index (κ1) is 16.6. The highest BCUT2D eigenvalue weighted by molar-refractivity contribution is 7.80. The molecular formula is C19H24N2S2. The van der Waals surface area contributed by atoms with Crippen molar-refractivity contribution >= 4 is 36.6 Å². The van der Waals surface area contributed by atoms with Gasteiger partial charge in [0.1, 0.15) is 0 Å². The zero-order valence-corrected chi connectivity index (χ0v) is 15.2. The van der Waals surface area contributed by atoms with E-state index in [2.05, 4.69) is 56.4 Å². The molecule has 0 radical (unpaired) electrons. The highest BCUT2D eigenvalue weighted by atomic mass is 32.1. The Hall–Kier alpha value is -1.26. The van der Waals surface area contributed by atoms with E-state index in [1.54, 1.807) is 0 Å². The van der Waals surface area contributed by atoms with Gasteiger partial charge in [-0.25, -0.2) is 0 Å². The second-order valence-electron chi connectivity index (χ2n) is 6.81. The van der Waals surface area contributed by atoms with Crippen LogP contribution in [-0.2, 0) is 5.41 Å². The van der Waals surface area contributed by atoms with Gasteiger partial charge in [0.25, 0.3) is 0 Å². The van der Waals surface area contributed by atoms with Crippen molar-refractivity contribution in [2.75, 3.05) is 11.5 Å². The summed E-state index contributed by atoms with van der Waals surface area (Å²) >= 11 is 9.06. The number of rotatable bonds is 2. The van der Waals surface area contributed by atoms with E-state index in [1.807, 2.05) is 12.1 Å². The Labute approximate surface area is 149 Å². The molecule has 0 bridgehead atoms. The van der Waals surface area contributed by atoms with E-state index in [0.29, 0.717) is 0 Å². The van der Waals surface area contributed by atoms with Crippen LogP contribution in [0.1, 0.15) is 43.7 Å². The smallest absolute Gasteiger partial charge is 0.0449 e. The molecule has 23 heavy (non-hydrogen) atoms. The molecule has 1 saturated carbocycles. The molecule has 4 N–H and O–H groups in total. The van der Waals surface area contributed by atoms with Gasteiger partial charge in [0.2, 0.25) is 0 Å². The minimum atomic E-state index is 0.00285. The van der Waals surface area contributed by atoms with Crippen LogP contribution < -0.4 is 11.5 Å². The molecule has 2 aromatic carbocycles. The fraction of sp³-hybridized carbons (Fsp3) is 0.368. The normalized spacial score (nSPS) is 18.0. The van der Waals surface area contributed by atoms with Crippen molar-refractivity contribution in [3.63, 3.8) is 0 Å². The van der Waals surface area contributed by atoms with E-state index < -0.39 is 0 Å². The Morgan fingerprint density at radius 3 is 1.70 bits per heavy atom. The number of nitrogens with two attached hydrogens (primary N) is 2. The highest BCUT2D eigenvalue weighted by Crippen LogP contribution is 2.47. The van der Waals surface area contributed by atoms with E-state index >= 15 is 0 Å². The van der Waals surface area contributed by atoms with Crippen molar-refractivity contribution in [3.05, 3.63) is 47.5 Å². The molecule has 0 heterocycles. The van der Waals surface area contributed by atoms with E-state index in [1.165, 1.54) is 24.0 Å². The molecule has 2 aromatic rings. The first-order valence-electron chi connectivity index (χ1n) is 8.10. The Bertz CT molecular complexity index is 666. The summed E-state index contributed by atoms with van der Waals surface area (Å²) in [5, 5.41) is 0. The topological polar surface area (TPSA) is 52.0 Å². The van der Waals surface area contributed by atoms with Gasteiger partial charge in [-0.05, 0) is 67.0 Å². The maximum atomic E-state index is 5.96. The summed E-state index contributed by atoms with van der Waals surface area (Å²) in [5.74, 6) is 0.775. The van der Waals surface area contributed by atoms with Gasteiger partial charge in [0.05, 0.1) is 0 Å². The van der Waals surface area contributed by atoms with Crippen LogP contribution in [0.5, 0.6) is 0 Å². The van der Waals surface area contributed by atoms with Gasteiger partial charge in [-0.1, -0.05) is 19.1 Å². The van der Waals surface area contributed by atoms with Crippen LogP contribution in [0.25, 0.3) is 0 Å². The summed E-state index contributed by atoms with van der Waals surface area (Å²) in [7, 11) is 0. The maximum absolute atomic E-state index is 5.96. The molecule has 0 spiro atoms. The van der Waals surface area contributed by atoms with E-state index in [0.717, 1.165) is 39.9 Å². The lowest BCUT2D eigenvalue weighted by Gasteiger charge is -2.41. The van der Waals surface area contributed by atoms with Gasteiger partial charge < -0.3 is 11.5 Å². The first-order valence-corrected chi connectivity index (χ1v) is 9.00. The fourth-order valence-electron chi connectivity index (χ4n) is 3.68. The zero-order valence-electron chi connectivity index (χ0n) is 13.4. The van der Waals surface area contributed by atoms with E-state index in [9.17, 15) is 0 Å². The van der Waals surface area contributed by atoms with Crippen molar-refractivity contribution in [1.82, 2.24) is 0 Å². The van der Waals surface area contributed by atoms with Crippen LogP contribution in [0.2, 0.25) is 0 Å². The summed E-state index contributed by atoms with van der Waals surface area (Å²) in [4.78, 5) is 1.70. The summed E-state index contributed by atoms with van der Waals surface area (Å²) in [5.41, 5.74) is 16.0. The molecule has 1 aliphatic carbocycles. The Kier molecular flexibility index (Phi) is 4.56. The Balaban J connectivity index is 2.13. The summed E-state index contributed by atoms with van der Waals surface area (Å²) in [6, 6.07) is 12.5. The predicted molar refractivity (Wildman–Crippen MR) is 105 cm³/mol. The van der Waals surface area contributed by atoms with Gasteiger partial charge in [-0.2, -0.15) is 0 Å². The largest absolute Gasteiger partial charge is 0.398 e. The highest BCUT2D eigenvalue weighted by Gasteiger charge is 2.37. The minimum absolute atomic E-state index is 0.00285. The van der Waals surface area contributed by atoms with Crippen LogP contribution >= 0.6 is 25.3 Å². The van der Waals surface area contributed by atoms with E-state index in [4.69, 9.17) is 11.5 Å². The molecular weight excluding hydrogens is 320 g/mol. The molecule has 0 saturated heterocycles. The monoisotopic (exact) mass is 344 g/mol. The number of anilines is 2.